The summed E-state index contributed by atoms with van der Waals surface area (Å²) >= 11 is 0. The number of hydrogen-bond acceptors (Lipinski definition) is 2. The van der Waals surface area contributed by atoms with E-state index in [4.69, 9.17) is 5.11 Å². The van der Waals surface area contributed by atoms with Crippen LogP contribution >= 0.6 is 0 Å². The molecule has 4 rings (SSSR count). The number of carbonyl (C=O) groups is 1. The highest BCUT2D eigenvalue weighted by Crippen LogP contribution is 2.61. The molecule has 1 amide bonds. The SMILES string of the molecule is CC(C)C(CCO)NC(=O)CC12CC3CC(CC(C3)C1)C2. The summed E-state index contributed by atoms with van der Waals surface area (Å²) in [5, 5.41) is 12.3. The number of nitrogens with one attached hydrogen (secondary N) is 1. The number of amides is 1. The lowest BCUT2D eigenvalue weighted by Gasteiger charge is -2.56. The van der Waals surface area contributed by atoms with Gasteiger partial charge in [0.1, 0.15) is 0 Å². The maximum Gasteiger partial charge on any atom is 0.220 e. The Morgan fingerprint density at radius 3 is 2.10 bits per heavy atom. The fourth-order valence-corrected chi connectivity index (χ4v) is 5.82. The molecule has 0 radical (unpaired) electrons. The molecule has 4 aliphatic carbocycles. The van der Waals surface area contributed by atoms with Crippen molar-refractivity contribution in [3.8, 4) is 0 Å². The van der Waals surface area contributed by atoms with Gasteiger partial charge in [0, 0.05) is 19.1 Å². The standard InChI is InChI=1S/C18H31NO2/c1-12(2)16(3-4-20)19-17(21)11-18-8-13-5-14(9-18)7-15(6-13)10-18/h12-16,20H,3-11H2,1-2H3,(H,19,21). The van der Waals surface area contributed by atoms with Crippen molar-refractivity contribution < 1.29 is 9.90 Å². The molecular formula is C18H31NO2. The van der Waals surface area contributed by atoms with Gasteiger partial charge in [0.25, 0.3) is 0 Å². The molecule has 21 heavy (non-hydrogen) atoms. The van der Waals surface area contributed by atoms with Gasteiger partial charge in [0.05, 0.1) is 0 Å². The van der Waals surface area contributed by atoms with Crippen molar-refractivity contribution in [1.82, 2.24) is 5.32 Å². The Morgan fingerprint density at radius 2 is 1.67 bits per heavy atom. The van der Waals surface area contributed by atoms with E-state index in [0.29, 0.717) is 17.8 Å². The molecule has 0 aliphatic heterocycles. The zero-order chi connectivity index (χ0) is 15.0. The zero-order valence-corrected chi connectivity index (χ0v) is 13.6. The van der Waals surface area contributed by atoms with Crippen LogP contribution in [0.1, 0.15) is 65.2 Å². The van der Waals surface area contributed by atoms with Crippen LogP contribution in [-0.2, 0) is 4.79 Å². The highest BCUT2D eigenvalue weighted by molar-refractivity contribution is 5.77. The molecule has 0 spiro atoms. The van der Waals surface area contributed by atoms with Crippen molar-refractivity contribution in [3.63, 3.8) is 0 Å². The molecule has 4 bridgehead atoms. The molecule has 120 valence electrons. The Morgan fingerprint density at radius 1 is 1.14 bits per heavy atom. The smallest absolute Gasteiger partial charge is 0.220 e. The Balaban J connectivity index is 1.59. The first-order chi connectivity index (χ1) is 9.99. The van der Waals surface area contributed by atoms with E-state index in [1.807, 2.05) is 0 Å². The van der Waals surface area contributed by atoms with E-state index >= 15 is 0 Å². The zero-order valence-electron chi connectivity index (χ0n) is 13.6. The van der Waals surface area contributed by atoms with Crippen molar-refractivity contribution in [2.45, 2.75) is 71.3 Å². The third-order valence-corrected chi connectivity index (χ3v) is 6.29. The van der Waals surface area contributed by atoms with Crippen LogP contribution < -0.4 is 5.32 Å². The molecule has 4 fully saturated rings. The first-order valence-electron chi connectivity index (χ1n) is 8.90. The van der Waals surface area contributed by atoms with Gasteiger partial charge >= 0.3 is 0 Å². The Bertz CT molecular complexity index is 355. The van der Waals surface area contributed by atoms with E-state index < -0.39 is 0 Å². The summed E-state index contributed by atoms with van der Waals surface area (Å²) in [5.41, 5.74) is 0.319. The average Bonchev–Trinajstić information content (AvgIpc) is 2.35. The van der Waals surface area contributed by atoms with E-state index in [2.05, 4.69) is 19.2 Å². The molecule has 2 N–H and O–H groups in total. The third kappa shape index (κ3) is 3.28. The van der Waals surface area contributed by atoms with Gasteiger partial charge in [-0.25, -0.2) is 0 Å². The van der Waals surface area contributed by atoms with Crippen LogP contribution in [-0.4, -0.2) is 23.7 Å². The van der Waals surface area contributed by atoms with E-state index in [0.717, 1.165) is 24.2 Å². The predicted octanol–water partition coefficient (Wildman–Crippen LogP) is 3.12. The number of rotatable bonds is 6. The molecule has 0 aromatic carbocycles. The maximum atomic E-state index is 12.5. The lowest BCUT2D eigenvalue weighted by atomic mass is 9.49. The highest BCUT2D eigenvalue weighted by atomic mass is 16.3. The highest BCUT2D eigenvalue weighted by Gasteiger charge is 2.51. The van der Waals surface area contributed by atoms with E-state index in [1.165, 1.54) is 38.5 Å². The summed E-state index contributed by atoms with van der Waals surface area (Å²) in [5.74, 6) is 3.33. The van der Waals surface area contributed by atoms with Crippen molar-refractivity contribution in [2.24, 2.45) is 29.1 Å². The van der Waals surface area contributed by atoms with Crippen LogP contribution in [0.25, 0.3) is 0 Å². The number of carbonyl (C=O) groups excluding carboxylic acids is 1. The second-order valence-electron chi connectivity index (χ2n) is 8.52. The maximum absolute atomic E-state index is 12.5. The average molecular weight is 293 g/mol. The van der Waals surface area contributed by atoms with E-state index in [9.17, 15) is 4.79 Å². The fourth-order valence-electron chi connectivity index (χ4n) is 5.82. The summed E-state index contributed by atoms with van der Waals surface area (Å²) < 4.78 is 0. The van der Waals surface area contributed by atoms with Gasteiger partial charge in [-0.05, 0) is 74.0 Å². The van der Waals surface area contributed by atoms with Gasteiger partial charge in [-0.15, -0.1) is 0 Å². The third-order valence-electron chi connectivity index (χ3n) is 6.29. The minimum atomic E-state index is 0.122. The second kappa shape index (κ2) is 5.91. The van der Waals surface area contributed by atoms with Crippen molar-refractivity contribution in [2.75, 3.05) is 6.61 Å². The predicted molar refractivity (Wildman–Crippen MR) is 83.7 cm³/mol. The minimum absolute atomic E-state index is 0.122. The molecule has 0 saturated heterocycles. The fraction of sp³-hybridized carbons (Fsp3) is 0.944. The molecule has 4 aliphatic rings. The van der Waals surface area contributed by atoms with Crippen molar-refractivity contribution in [1.29, 1.82) is 0 Å². The lowest BCUT2D eigenvalue weighted by molar-refractivity contribution is -0.130. The van der Waals surface area contributed by atoms with Gasteiger partial charge in [-0.3, -0.25) is 4.79 Å². The molecule has 3 nitrogen and oxygen atoms in total. The first kappa shape index (κ1) is 15.3. The molecule has 0 aromatic rings. The molecule has 1 unspecified atom stereocenters. The van der Waals surface area contributed by atoms with Gasteiger partial charge in [0.15, 0.2) is 0 Å². The first-order valence-corrected chi connectivity index (χ1v) is 8.90. The van der Waals surface area contributed by atoms with Crippen molar-refractivity contribution >= 4 is 5.91 Å². The Labute approximate surface area is 128 Å². The molecule has 0 aromatic heterocycles. The lowest BCUT2D eigenvalue weighted by Crippen LogP contribution is -2.49. The minimum Gasteiger partial charge on any atom is -0.396 e. The van der Waals surface area contributed by atoms with E-state index in [-0.39, 0.29) is 18.6 Å². The largest absolute Gasteiger partial charge is 0.396 e. The molecule has 4 saturated carbocycles. The van der Waals surface area contributed by atoms with Crippen LogP contribution in [0.3, 0.4) is 0 Å². The van der Waals surface area contributed by atoms with Crippen molar-refractivity contribution in [3.05, 3.63) is 0 Å². The normalized spacial score (nSPS) is 38.8. The molecule has 1 atom stereocenters. The van der Waals surface area contributed by atoms with Crippen LogP contribution in [0.15, 0.2) is 0 Å². The van der Waals surface area contributed by atoms with Crippen LogP contribution in [0, 0.1) is 29.1 Å². The quantitative estimate of drug-likeness (QED) is 0.790. The van der Waals surface area contributed by atoms with Gasteiger partial charge in [-0.2, -0.15) is 0 Å². The molecule has 3 heteroatoms. The van der Waals surface area contributed by atoms with Crippen LogP contribution in [0.5, 0.6) is 0 Å². The van der Waals surface area contributed by atoms with Crippen LogP contribution in [0.4, 0.5) is 0 Å². The summed E-state index contributed by atoms with van der Waals surface area (Å²) in [4.78, 5) is 12.5. The topological polar surface area (TPSA) is 49.3 Å². The second-order valence-corrected chi connectivity index (χ2v) is 8.52. The molecular weight excluding hydrogens is 262 g/mol. The Kier molecular flexibility index (Phi) is 4.31. The Hall–Kier alpha value is -0.570. The molecule has 0 heterocycles. The van der Waals surface area contributed by atoms with Crippen LogP contribution in [0.2, 0.25) is 0 Å². The number of hydrogen-bond donors (Lipinski definition) is 2. The monoisotopic (exact) mass is 293 g/mol. The summed E-state index contributed by atoms with van der Waals surface area (Å²) in [7, 11) is 0. The van der Waals surface area contributed by atoms with Gasteiger partial charge in [-0.1, -0.05) is 13.8 Å². The number of aliphatic hydroxyl groups excluding tert-OH is 1. The summed E-state index contributed by atoms with van der Waals surface area (Å²) in [6, 6.07) is 0.122. The number of aliphatic hydroxyl groups is 1. The summed E-state index contributed by atoms with van der Waals surface area (Å²) in [6.45, 7) is 4.39. The van der Waals surface area contributed by atoms with Gasteiger partial charge in [0.2, 0.25) is 5.91 Å². The summed E-state index contributed by atoms with van der Waals surface area (Å²) in [6.07, 6.45) is 9.56. The van der Waals surface area contributed by atoms with E-state index in [1.54, 1.807) is 0 Å². The van der Waals surface area contributed by atoms with Gasteiger partial charge < -0.3 is 10.4 Å².